The number of hydrogen-bond acceptors (Lipinski definition) is 7. The molecule has 1 aliphatic heterocycles. The molecule has 0 spiro atoms. The molecule has 4 rings (SSSR count). The van der Waals surface area contributed by atoms with Gasteiger partial charge in [-0.1, -0.05) is 55.4 Å². The fourth-order valence-corrected chi connectivity index (χ4v) is 4.19. The molecule has 1 saturated heterocycles. The van der Waals surface area contributed by atoms with Crippen LogP contribution < -0.4 is 4.90 Å². The fourth-order valence-electron chi connectivity index (χ4n) is 3.29. The smallest absolute Gasteiger partial charge is 0.239 e. The highest BCUT2D eigenvalue weighted by Gasteiger charge is 2.27. The molecule has 29 heavy (non-hydrogen) atoms. The largest absolute Gasteiger partial charge is 0.341 e. The van der Waals surface area contributed by atoms with Gasteiger partial charge in [-0.2, -0.15) is 4.98 Å². The van der Waals surface area contributed by atoms with Crippen LogP contribution in [0, 0.1) is 6.92 Å². The molecule has 1 unspecified atom stereocenters. The minimum Gasteiger partial charge on any atom is -0.341 e. The van der Waals surface area contributed by atoms with E-state index in [1.165, 1.54) is 18.4 Å². The van der Waals surface area contributed by atoms with Crippen LogP contribution in [-0.2, 0) is 5.41 Å². The Morgan fingerprint density at radius 2 is 1.76 bits per heavy atom. The number of benzene rings is 1. The summed E-state index contributed by atoms with van der Waals surface area (Å²) in [6.45, 7) is 12.4. The van der Waals surface area contributed by atoms with Crippen molar-refractivity contribution in [2.24, 2.45) is 0 Å². The Morgan fingerprint density at radius 1 is 1.07 bits per heavy atom. The van der Waals surface area contributed by atoms with E-state index in [2.05, 4.69) is 88.7 Å². The van der Waals surface area contributed by atoms with Gasteiger partial charge in [-0.3, -0.25) is 4.57 Å². The van der Waals surface area contributed by atoms with Crippen LogP contribution in [0.4, 0.5) is 5.95 Å². The second kappa shape index (κ2) is 7.82. The van der Waals surface area contributed by atoms with Gasteiger partial charge in [0.05, 0.1) is 10.9 Å². The molecule has 3 heterocycles. The molecule has 1 atom stereocenters. The summed E-state index contributed by atoms with van der Waals surface area (Å²) >= 11 is 1.59. The Bertz CT molecular complexity index is 966. The van der Waals surface area contributed by atoms with Crippen molar-refractivity contribution in [3.63, 3.8) is 0 Å². The van der Waals surface area contributed by atoms with Crippen molar-refractivity contribution in [3.05, 3.63) is 41.5 Å². The average Bonchev–Trinajstić information content (AvgIpc) is 3.42. The van der Waals surface area contributed by atoms with Gasteiger partial charge in [-0.05, 0) is 38.8 Å². The lowest BCUT2D eigenvalue weighted by atomic mass is 9.96. The average molecular weight is 413 g/mol. The molecule has 0 N–H and O–H groups in total. The molecule has 1 fully saturated rings. The Hall–Kier alpha value is -2.35. The summed E-state index contributed by atoms with van der Waals surface area (Å²) in [6, 6.07) is 8.48. The van der Waals surface area contributed by atoms with E-state index in [0.717, 1.165) is 35.7 Å². The van der Waals surface area contributed by atoms with Gasteiger partial charge in [-0.15, -0.1) is 10.2 Å². The van der Waals surface area contributed by atoms with E-state index in [1.807, 2.05) is 0 Å². The van der Waals surface area contributed by atoms with E-state index in [9.17, 15) is 0 Å². The highest BCUT2D eigenvalue weighted by atomic mass is 32.2. The Morgan fingerprint density at radius 3 is 2.38 bits per heavy atom. The molecular formula is C21H28N6OS. The third kappa shape index (κ3) is 4.17. The molecule has 7 nitrogen and oxygen atoms in total. The van der Waals surface area contributed by atoms with Gasteiger partial charge < -0.3 is 9.42 Å². The lowest BCUT2D eigenvalue weighted by Crippen LogP contribution is -2.22. The molecule has 0 bridgehead atoms. The van der Waals surface area contributed by atoms with Crippen LogP contribution in [0.1, 0.15) is 63.1 Å². The van der Waals surface area contributed by atoms with Crippen molar-refractivity contribution in [2.75, 3.05) is 18.0 Å². The number of rotatable bonds is 5. The SMILES string of the molecule is Cc1ccc(-n2c(SC(C)c3nc(C(C)(C)C)no3)nnc2N2CCCC2)cc1. The van der Waals surface area contributed by atoms with Crippen LogP contribution >= 0.6 is 11.8 Å². The Kier molecular flexibility index (Phi) is 5.38. The van der Waals surface area contributed by atoms with Gasteiger partial charge in [0, 0.05) is 18.5 Å². The van der Waals surface area contributed by atoms with E-state index >= 15 is 0 Å². The van der Waals surface area contributed by atoms with E-state index in [-0.39, 0.29) is 10.7 Å². The normalized spacial score (nSPS) is 15.8. The minimum atomic E-state index is -0.142. The summed E-state index contributed by atoms with van der Waals surface area (Å²) in [4.78, 5) is 6.92. The van der Waals surface area contributed by atoms with Crippen LogP contribution in [0.25, 0.3) is 5.69 Å². The first-order chi connectivity index (χ1) is 13.8. The summed E-state index contributed by atoms with van der Waals surface area (Å²) in [5, 5.41) is 14.0. The van der Waals surface area contributed by atoms with Crippen LogP contribution in [-0.4, -0.2) is 38.0 Å². The van der Waals surface area contributed by atoms with Gasteiger partial charge in [-0.25, -0.2) is 0 Å². The van der Waals surface area contributed by atoms with Gasteiger partial charge in [0.25, 0.3) is 0 Å². The zero-order chi connectivity index (χ0) is 20.6. The van der Waals surface area contributed by atoms with Crippen molar-refractivity contribution in [1.29, 1.82) is 0 Å². The van der Waals surface area contributed by atoms with E-state index in [0.29, 0.717) is 5.89 Å². The number of aromatic nitrogens is 5. The second-order valence-electron chi connectivity index (χ2n) is 8.61. The third-order valence-corrected chi connectivity index (χ3v) is 6.07. The molecular weight excluding hydrogens is 384 g/mol. The van der Waals surface area contributed by atoms with Gasteiger partial charge in [0.1, 0.15) is 0 Å². The summed E-state index contributed by atoms with van der Waals surface area (Å²) in [5.74, 6) is 2.24. The third-order valence-electron chi connectivity index (χ3n) is 5.04. The number of anilines is 1. The maximum absolute atomic E-state index is 5.54. The Balaban J connectivity index is 1.66. The minimum absolute atomic E-state index is 0.0292. The first-order valence-electron chi connectivity index (χ1n) is 10.1. The monoisotopic (exact) mass is 412 g/mol. The van der Waals surface area contributed by atoms with Gasteiger partial charge >= 0.3 is 0 Å². The lowest BCUT2D eigenvalue weighted by molar-refractivity contribution is 0.364. The number of nitrogens with zero attached hydrogens (tertiary/aromatic N) is 6. The van der Waals surface area contributed by atoms with Gasteiger partial charge in [0.15, 0.2) is 11.0 Å². The predicted molar refractivity (Wildman–Crippen MR) is 115 cm³/mol. The molecule has 0 saturated carbocycles. The quantitative estimate of drug-likeness (QED) is 0.562. The first kappa shape index (κ1) is 19.9. The highest BCUT2D eigenvalue weighted by molar-refractivity contribution is 7.99. The van der Waals surface area contributed by atoms with Crippen LogP contribution in [0.5, 0.6) is 0 Å². The predicted octanol–water partition coefficient (Wildman–Crippen LogP) is 4.71. The standard InChI is InChI=1S/C21H28N6OS/c1-14-8-10-16(11-9-14)27-19(26-12-6-7-13-26)23-24-20(27)29-15(2)17-22-18(25-28-17)21(3,4)5/h8-11,15H,6-7,12-13H2,1-5H3. The number of hydrogen-bond donors (Lipinski definition) is 0. The summed E-state index contributed by atoms with van der Waals surface area (Å²) in [6.07, 6.45) is 2.38. The highest BCUT2D eigenvalue weighted by Crippen LogP contribution is 2.37. The number of thioether (sulfide) groups is 1. The molecule has 154 valence electrons. The van der Waals surface area contributed by atoms with E-state index in [1.54, 1.807) is 11.8 Å². The van der Waals surface area contributed by atoms with Crippen LogP contribution in [0.15, 0.2) is 33.9 Å². The zero-order valence-electron chi connectivity index (χ0n) is 17.7. The molecule has 0 radical (unpaired) electrons. The molecule has 3 aromatic rings. The zero-order valence-corrected chi connectivity index (χ0v) is 18.5. The molecule has 1 aliphatic rings. The summed E-state index contributed by atoms with van der Waals surface area (Å²) < 4.78 is 7.69. The van der Waals surface area contributed by atoms with Crippen molar-refractivity contribution >= 4 is 17.7 Å². The van der Waals surface area contributed by atoms with Crippen LogP contribution in [0.2, 0.25) is 0 Å². The van der Waals surface area contributed by atoms with Crippen LogP contribution in [0.3, 0.4) is 0 Å². The summed E-state index contributed by atoms with van der Waals surface area (Å²) in [5.41, 5.74) is 2.16. The van der Waals surface area contributed by atoms with Gasteiger partial charge in [0.2, 0.25) is 11.8 Å². The lowest BCUT2D eigenvalue weighted by Gasteiger charge is -2.19. The molecule has 0 aliphatic carbocycles. The Labute approximate surface area is 175 Å². The molecule has 0 amide bonds. The van der Waals surface area contributed by atoms with E-state index < -0.39 is 0 Å². The maximum atomic E-state index is 5.54. The molecule has 8 heteroatoms. The van der Waals surface area contributed by atoms with Crippen molar-refractivity contribution in [3.8, 4) is 5.69 Å². The van der Waals surface area contributed by atoms with Crippen molar-refractivity contribution in [2.45, 2.75) is 63.3 Å². The number of aryl methyl sites for hydroxylation is 1. The second-order valence-corrected chi connectivity index (χ2v) is 9.92. The van der Waals surface area contributed by atoms with E-state index in [4.69, 9.17) is 4.52 Å². The van der Waals surface area contributed by atoms with Crippen molar-refractivity contribution < 1.29 is 4.52 Å². The molecule has 1 aromatic carbocycles. The topological polar surface area (TPSA) is 72.9 Å². The summed E-state index contributed by atoms with van der Waals surface area (Å²) in [7, 11) is 0. The first-order valence-corrected chi connectivity index (χ1v) is 11.0. The maximum Gasteiger partial charge on any atom is 0.239 e. The molecule has 2 aromatic heterocycles. The fraction of sp³-hybridized carbons (Fsp3) is 0.524. The van der Waals surface area contributed by atoms with Crippen molar-refractivity contribution in [1.82, 2.24) is 24.9 Å².